The molecule has 2 heterocycles. The maximum atomic E-state index is 11.8. The topological polar surface area (TPSA) is 78.3 Å². The van der Waals surface area contributed by atoms with Crippen LogP contribution in [0.3, 0.4) is 0 Å². The fourth-order valence-electron chi connectivity index (χ4n) is 3.48. The summed E-state index contributed by atoms with van der Waals surface area (Å²) in [5.74, 6) is 0.489. The van der Waals surface area contributed by atoms with Gasteiger partial charge in [-0.1, -0.05) is 41.9 Å². The fourth-order valence-corrected chi connectivity index (χ4v) is 3.66. The third kappa shape index (κ3) is 4.06. The molecule has 0 aliphatic rings. The van der Waals surface area contributed by atoms with Crippen LogP contribution in [-0.2, 0) is 17.8 Å². The van der Waals surface area contributed by atoms with Crippen LogP contribution >= 0.6 is 11.6 Å². The number of rotatable bonds is 7. The number of nitrogens with one attached hydrogen (secondary N) is 2. The molecule has 0 unspecified atom stereocenters. The van der Waals surface area contributed by atoms with Crippen molar-refractivity contribution in [3.8, 4) is 11.3 Å². The number of halogens is 1. The van der Waals surface area contributed by atoms with Crippen molar-refractivity contribution in [1.29, 1.82) is 0 Å². The van der Waals surface area contributed by atoms with E-state index < -0.39 is 12.0 Å². The molecular formula is C23H21ClN2O3. The number of hydrogen-bond donors (Lipinski definition) is 3. The van der Waals surface area contributed by atoms with Gasteiger partial charge in [0.2, 0.25) is 0 Å². The molecule has 5 nitrogen and oxygen atoms in total. The number of hydrogen-bond acceptors (Lipinski definition) is 3. The molecule has 4 aromatic rings. The van der Waals surface area contributed by atoms with Gasteiger partial charge in [-0.3, -0.25) is 10.1 Å². The minimum absolute atomic E-state index is 0.318. The summed E-state index contributed by atoms with van der Waals surface area (Å²) >= 11 is 6.20. The normalized spacial score (nSPS) is 12.3. The van der Waals surface area contributed by atoms with Gasteiger partial charge >= 0.3 is 5.97 Å². The van der Waals surface area contributed by atoms with E-state index in [1.807, 2.05) is 67.7 Å². The highest BCUT2D eigenvalue weighted by Crippen LogP contribution is 2.29. The second-order valence-electron chi connectivity index (χ2n) is 7.01. The van der Waals surface area contributed by atoms with Gasteiger partial charge in [-0.2, -0.15) is 0 Å². The van der Waals surface area contributed by atoms with E-state index in [0.29, 0.717) is 29.5 Å². The monoisotopic (exact) mass is 408 g/mol. The highest BCUT2D eigenvalue weighted by atomic mass is 35.5. The second kappa shape index (κ2) is 8.15. The summed E-state index contributed by atoms with van der Waals surface area (Å²) in [7, 11) is 0. The predicted octanol–water partition coefficient (Wildman–Crippen LogP) is 5.18. The van der Waals surface area contributed by atoms with Crippen LogP contribution in [0.1, 0.15) is 16.9 Å². The Morgan fingerprint density at radius 3 is 2.83 bits per heavy atom. The molecule has 0 saturated carbocycles. The van der Waals surface area contributed by atoms with Crippen molar-refractivity contribution in [3.05, 3.63) is 82.7 Å². The quantitative estimate of drug-likeness (QED) is 0.394. The molecule has 1 atom stereocenters. The molecule has 2 aromatic carbocycles. The van der Waals surface area contributed by atoms with E-state index in [-0.39, 0.29) is 0 Å². The molecule has 0 aliphatic carbocycles. The SMILES string of the molecule is Cc1c(Cl)cccc1-c1ccc(CN[C@@H](Cc2c[nH]c3ccccc23)C(=O)O)o1. The summed E-state index contributed by atoms with van der Waals surface area (Å²) in [5, 5.41) is 14.5. The van der Waals surface area contributed by atoms with Crippen LogP contribution in [0.2, 0.25) is 5.02 Å². The van der Waals surface area contributed by atoms with E-state index in [1.54, 1.807) is 0 Å². The molecule has 0 bridgehead atoms. The summed E-state index contributed by atoms with van der Waals surface area (Å²) in [6.45, 7) is 2.26. The van der Waals surface area contributed by atoms with Crippen molar-refractivity contribution < 1.29 is 14.3 Å². The number of para-hydroxylation sites is 1. The minimum atomic E-state index is -0.896. The lowest BCUT2D eigenvalue weighted by Crippen LogP contribution is -2.37. The first-order valence-electron chi connectivity index (χ1n) is 9.38. The lowest BCUT2D eigenvalue weighted by Gasteiger charge is -2.13. The molecule has 148 valence electrons. The Morgan fingerprint density at radius 2 is 2.00 bits per heavy atom. The second-order valence-corrected chi connectivity index (χ2v) is 7.42. The first kappa shape index (κ1) is 19.3. The Balaban J connectivity index is 1.47. The maximum Gasteiger partial charge on any atom is 0.321 e. The standard InChI is InChI=1S/C23H21ClN2O3/c1-14-17(6-4-7-19(14)24)22-10-9-16(29-22)13-26-21(23(27)28)11-15-12-25-20-8-3-2-5-18(15)20/h2-10,12,21,25-26H,11,13H2,1H3,(H,27,28)/t21-/m0/s1. The summed E-state index contributed by atoms with van der Waals surface area (Å²) in [6.07, 6.45) is 2.25. The first-order valence-corrected chi connectivity index (χ1v) is 9.76. The lowest BCUT2D eigenvalue weighted by atomic mass is 10.0. The molecule has 29 heavy (non-hydrogen) atoms. The third-order valence-electron chi connectivity index (χ3n) is 5.11. The van der Waals surface area contributed by atoms with E-state index >= 15 is 0 Å². The highest BCUT2D eigenvalue weighted by molar-refractivity contribution is 6.31. The number of fused-ring (bicyclic) bond motifs is 1. The van der Waals surface area contributed by atoms with Crippen molar-refractivity contribution in [2.45, 2.75) is 25.9 Å². The molecule has 0 saturated heterocycles. The zero-order chi connectivity index (χ0) is 20.4. The van der Waals surface area contributed by atoms with Crippen LogP contribution in [0.4, 0.5) is 0 Å². The number of aromatic nitrogens is 1. The van der Waals surface area contributed by atoms with Crippen molar-refractivity contribution in [2.24, 2.45) is 0 Å². The van der Waals surface area contributed by atoms with Crippen molar-refractivity contribution in [1.82, 2.24) is 10.3 Å². The first-order chi connectivity index (χ1) is 14.0. The smallest absolute Gasteiger partial charge is 0.321 e. The summed E-state index contributed by atoms with van der Waals surface area (Å²) in [6, 6.07) is 16.6. The van der Waals surface area contributed by atoms with Crippen molar-refractivity contribution >= 4 is 28.5 Å². The number of aliphatic carboxylic acids is 1. The van der Waals surface area contributed by atoms with Gasteiger partial charge in [0, 0.05) is 34.1 Å². The Hall–Kier alpha value is -3.02. The molecule has 4 rings (SSSR count). The van der Waals surface area contributed by atoms with Crippen molar-refractivity contribution in [3.63, 3.8) is 0 Å². The number of furan rings is 1. The maximum absolute atomic E-state index is 11.8. The van der Waals surface area contributed by atoms with Gasteiger partial charge in [0.1, 0.15) is 17.6 Å². The van der Waals surface area contributed by atoms with Crippen LogP contribution in [0.5, 0.6) is 0 Å². The number of H-pyrrole nitrogens is 1. The summed E-state index contributed by atoms with van der Waals surface area (Å²) in [5.41, 5.74) is 3.84. The van der Waals surface area contributed by atoms with Gasteiger partial charge in [0.05, 0.1) is 6.54 Å². The van der Waals surface area contributed by atoms with E-state index in [9.17, 15) is 9.90 Å². The van der Waals surface area contributed by atoms with Gasteiger partial charge in [-0.05, 0) is 42.3 Å². The van der Waals surface area contributed by atoms with Gasteiger partial charge in [-0.25, -0.2) is 0 Å². The number of aromatic amines is 1. The number of benzene rings is 2. The molecular weight excluding hydrogens is 388 g/mol. The van der Waals surface area contributed by atoms with Crippen molar-refractivity contribution in [2.75, 3.05) is 0 Å². The van der Waals surface area contributed by atoms with Gasteiger partial charge in [0.25, 0.3) is 0 Å². The van der Waals surface area contributed by atoms with Crippen LogP contribution in [0, 0.1) is 6.92 Å². The van der Waals surface area contributed by atoms with E-state index in [2.05, 4.69) is 10.3 Å². The average molecular weight is 409 g/mol. The van der Waals surface area contributed by atoms with Gasteiger partial charge in [-0.15, -0.1) is 0 Å². The molecule has 0 spiro atoms. The Labute approximate surface area is 173 Å². The van der Waals surface area contributed by atoms with Crippen LogP contribution < -0.4 is 5.32 Å². The van der Waals surface area contributed by atoms with Gasteiger partial charge in [0.15, 0.2) is 0 Å². The molecule has 0 fully saturated rings. The van der Waals surface area contributed by atoms with Crippen LogP contribution in [-0.4, -0.2) is 22.1 Å². The summed E-state index contributed by atoms with van der Waals surface area (Å²) < 4.78 is 5.92. The lowest BCUT2D eigenvalue weighted by molar-refractivity contribution is -0.139. The van der Waals surface area contributed by atoms with E-state index in [1.165, 1.54) is 0 Å². The Bertz CT molecular complexity index is 1160. The number of carboxylic acids is 1. The molecule has 0 radical (unpaired) electrons. The van der Waals surface area contributed by atoms with Crippen LogP contribution in [0.25, 0.3) is 22.2 Å². The van der Waals surface area contributed by atoms with Gasteiger partial charge < -0.3 is 14.5 Å². The highest BCUT2D eigenvalue weighted by Gasteiger charge is 2.20. The zero-order valence-electron chi connectivity index (χ0n) is 15.9. The fraction of sp³-hybridized carbons (Fsp3) is 0.174. The Kier molecular flexibility index (Phi) is 5.43. The largest absolute Gasteiger partial charge is 0.480 e. The molecule has 6 heteroatoms. The zero-order valence-corrected chi connectivity index (χ0v) is 16.7. The molecule has 2 aromatic heterocycles. The van der Waals surface area contributed by atoms with E-state index in [0.717, 1.165) is 27.6 Å². The molecule has 0 aliphatic heterocycles. The van der Waals surface area contributed by atoms with Crippen LogP contribution in [0.15, 0.2) is 65.2 Å². The predicted molar refractivity (Wildman–Crippen MR) is 114 cm³/mol. The summed E-state index contributed by atoms with van der Waals surface area (Å²) in [4.78, 5) is 15.0. The average Bonchev–Trinajstić information content (AvgIpc) is 3.34. The third-order valence-corrected chi connectivity index (χ3v) is 5.52. The Morgan fingerprint density at radius 1 is 1.17 bits per heavy atom. The number of carboxylic acid groups (broad SMARTS) is 1. The number of carbonyl (C=O) groups is 1. The molecule has 3 N–H and O–H groups in total. The molecule has 0 amide bonds. The minimum Gasteiger partial charge on any atom is -0.480 e. The van der Waals surface area contributed by atoms with E-state index in [4.69, 9.17) is 16.0 Å².